The van der Waals surface area contributed by atoms with Gasteiger partial charge in [0.25, 0.3) is 0 Å². The molecule has 0 aliphatic carbocycles. The largest absolute Gasteiger partial charge is 0.374 e. The molecule has 2 fully saturated rings. The highest BCUT2D eigenvalue weighted by atomic mass is 35.5. The zero-order valence-electron chi connectivity index (χ0n) is 18.6. The third-order valence-corrected chi connectivity index (χ3v) is 8.13. The molecule has 3 amide bonds. The van der Waals surface area contributed by atoms with Gasteiger partial charge in [-0.25, -0.2) is 0 Å². The predicted molar refractivity (Wildman–Crippen MR) is 135 cm³/mol. The number of nitrogens with zero attached hydrogens (tertiary/aromatic N) is 3. The van der Waals surface area contributed by atoms with Gasteiger partial charge in [0.15, 0.2) is 4.34 Å². The van der Waals surface area contributed by atoms with Gasteiger partial charge in [-0.15, -0.1) is 10.2 Å². The van der Waals surface area contributed by atoms with Crippen molar-refractivity contribution >= 4 is 69.2 Å². The Morgan fingerprint density at radius 2 is 2.14 bits per heavy atom. The quantitative estimate of drug-likeness (QED) is 0.316. The number of hydrogen-bond donors (Lipinski definition) is 3. The molecule has 3 heterocycles. The molecule has 0 bridgehead atoms. The number of rotatable bonds is 9. The van der Waals surface area contributed by atoms with E-state index >= 15 is 0 Å². The third kappa shape index (κ3) is 7.76. The minimum absolute atomic E-state index is 0.111. The molecular weight excluding hydrogens is 535 g/mol. The predicted octanol–water partition coefficient (Wildman–Crippen LogP) is 2.17. The number of halogens is 2. The van der Waals surface area contributed by atoms with Crippen molar-refractivity contribution in [2.24, 2.45) is 0 Å². The summed E-state index contributed by atoms with van der Waals surface area (Å²) >= 11 is 14.5. The van der Waals surface area contributed by atoms with Gasteiger partial charge in [-0.1, -0.05) is 52.4 Å². The van der Waals surface area contributed by atoms with Crippen LogP contribution in [0, 0.1) is 0 Å². The van der Waals surface area contributed by atoms with Crippen molar-refractivity contribution in [3.8, 4) is 0 Å². The molecule has 1 aromatic carbocycles. The zero-order valence-corrected chi connectivity index (χ0v) is 21.7. The summed E-state index contributed by atoms with van der Waals surface area (Å²) in [6.07, 6.45) is 0.689. The topological polar surface area (TPSA) is 126 Å². The second-order valence-corrected chi connectivity index (χ2v) is 11.1. The van der Waals surface area contributed by atoms with Crippen molar-refractivity contribution in [1.82, 2.24) is 25.7 Å². The maximum Gasteiger partial charge on any atom is 0.248 e. The van der Waals surface area contributed by atoms with Crippen molar-refractivity contribution in [3.05, 3.63) is 33.8 Å². The van der Waals surface area contributed by atoms with Crippen molar-refractivity contribution in [2.45, 2.75) is 35.9 Å². The van der Waals surface area contributed by atoms with Crippen LogP contribution in [0.3, 0.4) is 0 Å². The first kappa shape index (κ1) is 26.1. The standard InChI is InChI=1S/C21H24Cl2N6O4S2/c22-14-2-1-12(7-15(14)23)9-29-5-6-33-13(10-29)8-24-18(31)11-34-21-28-27-20(35-21)26-19(32)16-3-4-17(30)25-16/h1-2,7,13,16H,3-6,8-11H2,(H,24,31)(H,25,30)(H,26,27,32)/t13-,16+/m0/s1. The van der Waals surface area contributed by atoms with Crippen LogP contribution in [0.15, 0.2) is 22.5 Å². The van der Waals surface area contributed by atoms with Gasteiger partial charge < -0.3 is 15.4 Å². The zero-order chi connectivity index (χ0) is 24.8. The van der Waals surface area contributed by atoms with E-state index in [2.05, 4.69) is 31.0 Å². The van der Waals surface area contributed by atoms with Crippen LogP contribution < -0.4 is 16.0 Å². The van der Waals surface area contributed by atoms with E-state index < -0.39 is 6.04 Å². The van der Waals surface area contributed by atoms with Crippen LogP contribution in [0.4, 0.5) is 5.13 Å². The number of aromatic nitrogens is 2. The highest BCUT2D eigenvalue weighted by Gasteiger charge is 2.28. The number of thioether (sulfide) groups is 1. The van der Waals surface area contributed by atoms with Gasteiger partial charge in [-0.05, 0) is 24.1 Å². The van der Waals surface area contributed by atoms with Crippen LogP contribution in [0.5, 0.6) is 0 Å². The highest BCUT2D eigenvalue weighted by Crippen LogP contribution is 2.26. The van der Waals surface area contributed by atoms with Crippen LogP contribution in [0.2, 0.25) is 10.0 Å². The Kier molecular flexibility index (Phi) is 9.20. The summed E-state index contributed by atoms with van der Waals surface area (Å²) in [4.78, 5) is 38.0. The summed E-state index contributed by atoms with van der Waals surface area (Å²) in [7, 11) is 0. The molecule has 1 aromatic heterocycles. The fourth-order valence-electron chi connectivity index (χ4n) is 3.67. The van der Waals surface area contributed by atoms with Gasteiger partial charge in [0.2, 0.25) is 22.9 Å². The van der Waals surface area contributed by atoms with E-state index in [4.69, 9.17) is 27.9 Å². The van der Waals surface area contributed by atoms with E-state index in [0.717, 1.165) is 18.7 Å². The second kappa shape index (κ2) is 12.3. The molecule has 2 saturated heterocycles. The van der Waals surface area contributed by atoms with E-state index in [1.54, 1.807) is 6.07 Å². The average Bonchev–Trinajstić information content (AvgIpc) is 3.48. The van der Waals surface area contributed by atoms with Crippen molar-refractivity contribution in [1.29, 1.82) is 0 Å². The molecule has 10 nitrogen and oxygen atoms in total. The fraction of sp³-hybridized carbons (Fsp3) is 0.476. The second-order valence-electron chi connectivity index (χ2n) is 8.09. The number of carbonyl (C=O) groups excluding carboxylic acids is 3. The maximum atomic E-state index is 12.3. The Morgan fingerprint density at radius 3 is 2.91 bits per heavy atom. The minimum atomic E-state index is -0.546. The van der Waals surface area contributed by atoms with Crippen LogP contribution >= 0.6 is 46.3 Å². The Labute approximate surface area is 220 Å². The summed E-state index contributed by atoms with van der Waals surface area (Å²) in [5, 5.41) is 17.5. The number of amides is 3. The molecule has 0 saturated carbocycles. The normalized spacial score (nSPS) is 20.5. The van der Waals surface area contributed by atoms with Crippen molar-refractivity contribution in [2.75, 3.05) is 37.3 Å². The lowest BCUT2D eigenvalue weighted by atomic mass is 10.2. The highest BCUT2D eigenvalue weighted by molar-refractivity contribution is 8.01. The molecule has 2 atom stereocenters. The number of ether oxygens (including phenoxy) is 1. The van der Waals surface area contributed by atoms with Crippen LogP contribution in [0.1, 0.15) is 18.4 Å². The number of hydrogen-bond acceptors (Lipinski definition) is 9. The number of anilines is 1. The lowest BCUT2D eigenvalue weighted by molar-refractivity contribution is -0.122. The van der Waals surface area contributed by atoms with Crippen LogP contribution in [-0.2, 0) is 25.7 Å². The van der Waals surface area contributed by atoms with Crippen LogP contribution in [0.25, 0.3) is 0 Å². The Balaban J connectivity index is 1.16. The van der Waals surface area contributed by atoms with E-state index in [1.165, 1.54) is 23.1 Å². The first-order valence-electron chi connectivity index (χ1n) is 11.0. The first-order chi connectivity index (χ1) is 16.9. The fourth-order valence-corrected chi connectivity index (χ4v) is 5.58. The van der Waals surface area contributed by atoms with E-state index in [-0.39, 0.29) is 29.6 Å². The monoisotopic (exact) mass is 558 g/mol. The lowest BCUT2D eigenvalue weighted by Crippen LogP contribution is -2.47. The molecule has 0 spiro atoms. The molecule has 35 heavy (non-hydrogen) atoms. The first-order valence-corrected chi connectivity index (χ1v) is 13.5. The summed E-state index contributed by atoms with van der Waals surface area (Å²) in [5.74, 6) is -0.430. The number of benzene rings is 1. The number of morpholine rings is 1. The van der Waals surface area contributed by atoms with Gasteiger partial charge in [-0.3, -0.25) is 24.6 Å². The van der Waals surface area contributed by atoms with Crippen LogP contribution in [-0.4, -0.2) is 77.0 Å². The maximum absolute atomic E-state index is 12.3. The van der Waals surface area contributed by atoms with Crippen molar-refractivity contribution < 1.29 is 19.1 Å². The lowest BCUT2D eigenvalue weighted by Gasteiger charge is -2.33. The van der Waals surface area contributed by atoms with Gasteiger partial charge in [0.05, 0.1) is 28.5 Å². The molecule has 188 valence electrons. The third-order valence-electron chi connectivity index (χ3n) is 5.42. The molecule has 2 aliphatic heterocycles. The molecule has 0 radical (unpaired) electrons. The Hall–Kier alpha value is -1.96. The molecule has 4 rings (SSSR count). The van der Waals surface area contributed by atoms with Crippen molar-refractivity contribution in [3.63, 3.8) is 0 Å². The molecule has 0 unspecified atom stereocenters. The Bertz CT molecular complexity index is 1090. The average molecular weight is 560 g/mol. The molecule has 2 aliphatic rings. The van der Waals surface area contributed by atoms with Gasteiger partial charge in [-0.2, -0.15) is 0 Å². The smallest absolute Gasteiger partial charge is 0.248 e. The van der Waals surface area contributed by atoms with E-state index in [1.807, 2.05) is 12.1 Å². The van der Waals surface area contributed by atoms with E-state index in [9.17, 15) is 14.4 Å². The summed E-state index contributed by atoms with van der Waals surface area (Å²) < 4.78 is 6.36. The van der Waals surface area contributed by atoms with Gasteiger partial charge >= 0.3 is 0 Å². The summed E-state index contributed by atoms with van der Waals surface area (Å²) in [5.41, 5.74) is 1.07. The summed E-state index contributed by atoms with van der Waals surface area (Å²) in [6.45, 7) is 3.20. The summed E-state index contributed by atoms with van der Waals surface area (Å²) in [6, 6.07) is 5.06. The van der Waals surface area contributed by atoms with Gasteiger partial charge in [0, 0.05) is 32.6 Å². The molecule has 3 N–H and O–H groups in total. The number of carbonyl (C=O) groups is 3. The molecule has 2 aromatic rings. The van der Waals surface area contributed by atoms with E-state index in [0.29, 0.717) is 52.1 Å². The number of nitrogens with one attached hydrogen (secondary N) is 3. The minimum Gasteiger partial charge on any atom is -0.374 e. The SMILES string of the molecule is O=C(CSc1nnc(NC(=O)[C@H]2CCC(=O)N2)s1)NC[C@H]1CN(Cc2ccc(Cl)c(Cl)c2)CCO1. The Morgan fingerprint density at radius 1 is 1.29 bits per heavy atom. The molecular formula is C21H24Cl2N6O4S2. The molecule has 14 heteroatoms. The van der Waals surface area contributed by atoms with Gasteiger partial charge in [0.1, 0.15) is 6.04 Å².